The summed E-state index contributed by atoms with van der Waals surface area (Å²) in [6, 6.07) is 7.84. The van der Waals surface area contributed by atoms with Gasteiger partial charge in [0.15, 0.2) is 0 Å². The first kappa shape index (κ1) is 13.4. The van der Waals surface area contributed by atoms with Crippen molar-refractivity contribution in [2.45, 2.75) is 58.2 Å². The first-order valence-corrected chi connectivity index (χ1v) is 7.13. The average Bonchev–Trinajstić information content (AvgIpc) is 2.39. The minimum Gasteiger partial charge on any atom is -0.490 e. The van der Waals surface area contributed by atoms with Gasteiger partial charge in [0.25, 0.3) is 0 Å². The molecule has 18 heavy (non-hydrogen) atoms. The molecule has 1 aliphatic carbocycles. The summed E-state index contributed by atoms with van der Waals surface area (Å²) in [5, 5.41) is 9.58. The van der Waals surface area contributed by atoms with Crippen molar-refractivity contribution in [3.8, 4) is 5.75 Å². The van der Waals surface area contributed by atoms with Gasteiger partial charge in [0, 0.05) is 0 Å². The van der Waals surface area contributed by atoms with Crippen molar-refractivity contribution in [2.75, 3.05) is 0 Å². The Morgan fingerprint density at radius 2 is 2.22 bits per heavy atom. The number of hydrogen-bond donors (Lipinski definition) is 1. The van der Waals surface area contributed by atoms with Crippen LogP contribution in [-0.2, 0) is 0 Å². The van der Waals surface area contributed by atoms with Gasteiger partial charge in [0.1, 0.15) is 5.75 Å². The van der Waals surface area contributed by atoms with E-state index in [-0.39, 0.29) is 0 Å². The number of hydrogen-bond acceptors (Lipinski definition) is 2. The topological polar surface area (TPSA) is 29.5 Å². The molecule has 0 bridgehead atoms. The number of ether oxygens (including phenoxy) is 1. The zero-order valence-electron chi connectivity index (χ0n) is 11.4. The molecule has 0 saturated heterocycles. The van der Waals surface area contributed by atoms with Crippen LogP contribution in [0, 0.1) is 5.92 Å². The van der Waals surface area contributed by atoms with Crippen LogP contribution >= 0.6 is 0 Å². The van der Waals surface area contributed by atoms with Gasteiger partial charge in [0.05, 0.1) is 12.2 Å². The smallest absolute Gasteiger partial charge is 0.120 e. The number of aliphatic hydroxyl groups is 1. The van der Waals surface area contributed by atoms with E-state index >= 15 is 0 Å². The Bertz CT molecular complexity index is 373. The predicted molar refractivity (Wildman–Crippen MR) is 73.7 cm³/mol. The van der Waals surface area contributed by atoms with Crippen molar-refractivity contribution < 1.29 is 9.84 Å². The predicted octanol–water partition coefficient (Wildman–Crippen LogP) is 4.09. The monoisotopic (exact) mass is 248 g/mol. The normalized spacial score (nSPS) is 25.7. The molecule has 1 aromatic rings. The van der Waals surface area contributed by atoms with Crippen LogP contribution in [-0.4, -0.2) is 11.2 Å². The van der Waals surface area contributed by atoms with Crippen molar-refractivity contribution in [1.82, 2.24) is 0 Å². The maximum absolute atomic E-state index is 9.58. The van der Waals surface area contributed by atoms with Crippen molar-refractivity contribution >= 4 is 0 Å². The van der Waals surface area contributed by atoms with Gasteiger partial charge in [-0.25, -0.2) is 0 Å². The Morgan fingerprint density at radius 1 is 1.39 bits per heavy atom. The Labute approximate surface area is 110 Å². The molecule has 1 aliphatic rings. The van der Waals surface area contributed by atoms with Gasteiger partial charge < -0.3 is 9.84 Å². The molecular formula is C16H24O2. The van der Waals surface area contributed by atoms with E-state index in [1.807, 2.05) is 24.3 Å². The molecule has 2 rings (SSSR count). The van der Waals surface area contributed by atoms with Gasteiger partial charge in [-0.05, 0) is 49.8 Å². The van der Waals surface area contributed by atoms with Gasteiger partial charge in [0.2, 0.25) is 0 Å². The first-order chi connectivity index (χ1) is 8.69. The summed E-state index contributed by atoms with van der Waals surface area (Å²) in [4.78, 5) is 0. The summed E-state index contributed by atoms with van der Waals surface area (Å²) in [5.41, 5.74) is 0.926. The highest BCUT2D eigenvalue weighted by Crippen LogP contribution is 2.30. The number of benzene rings is 1. The minimum absolute atomic E-state index is 0.355. The summed E-state index contributed by atoms with van der Waals surface area (Å²) in [6.07, 6.45) is 6.15. The Hall–Kier alpha value is -1.02. The fourth-order valence-electron chi connectivity index (χ4n) is 2.76. The SMILES string of the molecule is CCC1CCCC(Oc2cccc([C@H](C)O)c2)C1. The minimum atomic E-state index is -0.428. The van der Waals surface area contributed by atoms with Gasteiger partial charge in [-0.1, -0.05) is 31.9 Å². The third kappa shape index (κ3) is 3.49. The van der Waals surface area contributed by atoms with Gasteiger partial charge in [-0.2, -0.15) is 0 Å². The maximum Gasteiger partial charge on any atom is 0.120 e. The second-order valence-corrected chi connectivity index (χ2v) is 5.43. The lowest BCUT2D eigenvalue weighted by molar-refractivity contribution is 0.121. The third-order valence-corrected chi connectivity index (χ3v) is 3.96. The molecule has 0 aromatic heterocycles. The van der Waals surface area contributed by atoms with Crippen molar-refractivity contribution in [1.29, 1.82) is 0 Å². The van der Waals surface area contributed by atoms with Crippen molar-refractivity contribution in [2.24, 2.45) is 5.92 Å². The summed E-state index contributed by atoms with van der Waals surface area (Å²) < 4.78 is 6.07. The lowest BCUT2D eigenvalue weighted by Gasteiger charge is -2.29. The van der Waals surface area contributed by atoms with Crippen LogP contribution in [0.25, 0.3) is 0 Å². The van der Waals surface area contributed by atoms with Crippen LogP contribution in [0.15, 0.2) is 24.3 Å². The molecule has 0 aliphatic heterocycles. The van der Waals surface area contributed by atoms with Crippen LogP contribution in [0.1, 0.15) is 57.6 Å². The zero-order valence-corrected chi connectivity index (χ0v) is 11.4. The molecular weight excluding hydrogens is 224 g/mol. The average molecular weight is 248 g/mol. The van der Waals surface area contributed by atoms with Crippen LogP contribution in [0.2, 0.25) is 0 Å². The van der Waals surface area contributed by atoms with Gasteiger partial charge in [-0.3, -0.25) is 0 Å². The maximum atomic E-state index is 9.58. The van der Waals surface area contributed by atoms with E-state index in [2.05, 4.69) is 6.92 Å². The van der Waals surface area contributed by atoms with E-state index in [1.54, 1.807) is 6.92 Å². The molecule has 0 radical (unpaired) electrons. The van der Waals surface area contributed by atoms with Crippen LogP contribution in [0.4, 0.5) is 0 Å². The fraction of sp³-hybridized carbons (Fsp3) is 0.625. The molecule has 1 saturated carbocycles. The largest absolute Gasteiger partial charge is 0.490 e. The molecule has 1 fully saturated rings. The molecule has 1 aromatic carbocycles. The zero-order chi connectivity index (χ0) is 13.0. The molecule has 0 spiro atoms. The van der Waals surface area contributed by atoms with E-state index in [0.29, 0.717) is 6.10 Å². The molecule has 2 heteroatoms. The Kier molecular flexibility index (Phi) is 4.65. The van der Waals surface area contributed by atoms with Crippen molar-refractivity contribution in [3.05, 3.63) is 29.8 Å². The quantitative estimate of drug-likeness (QED) is 0.869. The van der Waals surface area contributed by atoms with Gasteiger partial charge in [-0.15, -0.1) is 0 Å². The van der Waals surface area contributed by atoms with Crippen molar-refractivity contribution in [3.63, 3.8) is 0 Å². The van der Waals surface area contributed by atoms with E-state index in [4.69, 9.17) is 4.74 Å². The van der Waals surface area contributed by atoms with Crippen LogP contribution < -0.4 is 4.74 Å². The molecule has 2 nitrogen and oxygen atoms in total. The highest BCUT2D eigenvalue weighted by Gasteiger charge is 2.22. The van der Waals surface area contributed by atoms with Crippen LogP contribution in [0.5, 0.6) is 5.75 Å². The summed E-state index contributed by atoms with van der Waals surface area (Å²) >= 11 is 0. The first-order valence-electron chi connectivity index (χ1n) is 7.13. The van der Waals surface area contributed by atoms with E-state index in [9.17, 15) is 5.11 Å². The third-order valence-electron chi connectivity index (χ3n) is 3.96. The second-order valence-electron chi connectivity index (χ2n) is 5.43. The Balaban J connectivity index is 1.98. The highest BCUT2D eigenvalue weighted by molar-refractivity contribution is 5.29. The standard InChI is InChI=1S/C16H24O2/c1-3-13-6-4-8-15(10-13)18-16-9-5-7-14(11-16)12(2)17/h5,7,9,11-13,15,17H,3-4,6,8,10H2,1-2H3/t12-,13?,15?/m0/s1. The number of rotatable bonds is 4. The molecule has 100 valence electrons. The summed E-state index contributed by atoms with van der Waals surface area (Å²) in [6.45, 7) is 4.05. The number of aliphatic hydroxyl groups excluding tert-OH is 1. The summed E-state index contributed by atoms with van der Waals surface area (Å²) in [7, 11) is 0. The highest BCUT2D eigenvalue weighted by atomic mass is 16.5. The van der Waals surface area contributed by atoms with E-state index < -0.39 is 6.10 Å². The van der Waals surface area contributed by atoms with E-state index in [0.717, 1.165) is 23.7 Å². The molecule has 0 amide bonds. The fourth-order valence-corrected chi connectivity index (χ4v) is 2.76. The Morgan fingerprint density at radius 3 is 2.94 bits per heavy atom. The van der Waals surface area contributed by atoms with E-state index in [1.165, 1.54) is 25.7 Å². The lowest BCUT2D eigenvalue weighted by Crippen LogP contribution is -2.25. The van der Waals surface area contributed by atoms with Gasteiger partial charge >= 0.3 is 0 Å². The molecule has 0 heterocycles. The second kappa shape index (κ2) is 6.24. The summed E-state index contributed by atoms with van der Waals surface area (Å²) in [5.74, 6) is 1.72. The molecule has 2 unspecified atom stereocenters. The lowest BCUT2D eigenvalue weighted by atomic mass is 9.85. The molecule has 3 atom stereocenters. The molecule has 1 N–H and O–H groups in total. The van der Waals surface area contributed by atoms with Crippen LogP contribution in [0.3, 0.4) is 0 Å².